The van der Waals surface area contributed by atoms with Crippen LogP contribution in [0, 0.1) is 0 Å². The van der Waals surface area contributed by atoms with Crippen LogP contribution >= 0.6 is 0 Å². The molecule has 0 aromatic heterocycles. The van der Waals surface area contributed by atoms with Crippen molar-refractivity contribution in [3.05, 3.63) is 35.9 Å². The molecule has 1 heterocycles. The molecular weight excluding hydrogens is 182 g/mol. The van der Waals surface area contributed by atoms with Crippen molar-refractivity contribution in [2.75, 3.05) is 18.0 Å². The van der Waals surface area contributed by atoms with Gasteiger partial charge < -0.3 is 4.90 Å². The summed E-state index contributed by atoms with van der Waals surface area (Å²) in [5.41, 5.74) is 2.76. The van der Waals surface area contributed by atoms with Crippen molar-refractivity contribution in [2.45, 2.75) is 26.2 Å². The van der Waals surface area contributed by atoms with Gasteiger partial charge in [-0.3, -0.25) is 0 Å². The maximum Gasteiger partial charge on any atom is 0.0442 e. The van der Waals surface area contributed by atoms with E-state index in [9.17, 15) is 0 Å². The number of hydrogen-bond acceptors (Lipinski definition) is 1. The van der Waals surface area contributed by atoms with Gasteiger partial charge in [0.1, 0.15) is 0 Å². The predicted octanol–water partition coefficient (Wildman–Crippen LogP) is 3.71. The second kappa shape index (κ2) is 5.01. The van der Waals surface area contributed by atoms with Crippen LogP contribution < -0.4 is 4.90 Å². The number of benzene rings is 1. The number of para-hydroxylation sites is 1. The summed E-state index contributed by atoms with van der Waals surface area (Å²) in [6.45, 7) is 4.51. The maximum atomic E-state index is 2.48. The molecule has 1 heteroatoms. The first kappa shape index (κ1) is 10.3. The highest BCUT2D eigenvalue weighted by atomic mass is 15.1. The molecule has 1 aliphatic heterocycles. The van der Waals surface area contributed by atoms with Gasteiger partial charge in [0.2, 0.25) is 0 Å². The summed E-state index contributed by atoms with van der Waals surface area (Å²) in [5, 5.41) is 0. The van der Waals surface area contributed by atoms with Gasteiger partial charge in [0.25, 0.3) is 0 Å². The Morgan fingerprint density at radius 3 is 2.93 bits per heavy atom. The molecule has 0 aliphatic carbocycles. The Bertz CT molecular complexity index is 341. The lowest BCUT2D eigenvalue weighted by Crippen LogP contribution is -2.26. The van der Waals surface area contributed by atoms with E-state index in [1.807, 2.05) is 0 Å². The summed E-state index contributed by atoms with van der Waals surface area (Å²) in [4.78, 5) is 2.48. The van der Waals surface area contributed by atoms with Crippen molar-refractivity contribution in [1.29, 1.82) is 0 Å². The average molecular weight is 201 g/mol. The van der Waals surface area contributed by atoms with Crippen LogP contribution in [0.2, 0.25) is 0 Å². The van der Waals surface area contributed by atoms with Crippen molar-refractivity contribution >= 4 is 11.8 Å². The lowest BCUT2D eigenvalue weighted by Gasteiger charge is -2.28. The van der Waals surface area contributed by atoms with Crippen LogP contribution in [0.4, 0.5) is 5.69 Å². The minimum atomic E-state index is 1.07. The molecule has 0 saturated heterocycles. The molecule has 2 rings (SSSR count). The third-order valence-corrected chi connectivity index (χ3v) is 2.93. The van der Waals surface area contributed by atoms with Gasteiger partial charge in [-0.2, -0.15) is 0 Å². The molecule has 1 nitrogen and oxygen atoms in total. The molecule has 1 aliphatic rings. The molecule has 0 saturated carbocycles. The summed E-state index contributed by atoms with van der Waals surface area (Å²) in [7, 11) is 0. The molecule has 0 spiro atoms. The molecule has 80 valence electrons. The third kappa shape index (κ3) is 2.41. The fraction of sp³-hybridized carbons (Fsp3) is 0.429. The highest BCUT2D eigenvalue weighted by Crippen LogP contribution is 2.25. The van der Waals surface area contributed by atoms with Crippen molar-refractivity contribution < 1.29 is 0 Å². The quantitative estimate of drug-likeness (QED) is 0.671. The molecule has 1 aromatic carbocycles. The Morgan fingerprint density at radius 1 is 1.20 bits per heavy atom. The number of anilines is 1. The molecular formula is C14H19N. The fourth-order valence-corrected chi connectivity index (χ4v) is 2.09. The zero-order valence-electron chi connectivity index (χ0n) is 9.45. The monoisotopic (exact) mass is 201 g/mol. The van der Waals surface area contributed by atoms with Crippen LogP contribution in [0.15, 0.2) is 30.3 Å². The van der Waals surface area contributed by atoms with Crippen molar-refractivity contribution in [3.63, 3.8) is 0 Å². The van der Waals surface area contributed by atoms with E-state index in [4.69, 9.17) is 0 Å². The van der Waals surface area contributed by atoms with E-state index in [-0.39, 0.29) is 0 Å². The SMILES string of the molecule is CCCCCN1CC=Cc2ccccc21. The Morgan fingerprint density at radius 2 is 2.07 bits per heavy atom. The van der Waals surface area contributed by atoms with E-state index < -0.39 is 0 Å². The predicted molar refractivity (Wildman–Crippen MR) is 67.2 cm³/mol. The lowest BCUT2D eigenvalue weighted by atomic mass is 10.1. The molecule has 15 heavy (non-hydrogen) atoms. The topological polar surface area (TPSA) is 3.24 Å². The van der Waals surface area contributed by atoms with Crippen LogP contribution in [0.3, 0.4) is 0 Å². The van der Waals surface area contributed by atoms with Gasteiger partial charge in [0.15, 0.2) is 0 Å². The standard InChI is InChI=1S/C14H19N/c1-2-3-6-11-15-12-7-9-13-8-4-5-10-14(13)15/h4-5,7-10H,2-3,6,11-12H2,1H3. The minimum Gasteiger partial charge on any atom is -0.367 e. The van der Waals surface area contributed by atoms with Gasteiger partial charge in [-0.1, -0.05) is 50.1 Å². The van der Waals surface area contributed by atoms with Crippen LogP contribution in [-0.4, -0.2) is 13.1 Å². The second-order valence-electron chi connectivity index (χ2n) is 4.11. The van der Waals surface area contributed by atoms with Crippen LogP contribution in [0.1, 0.15) is 31.7 Å². The van der Waals surface area contributed by atoms with Crippen molar-refractivity contribution in [3.8, 4) is 0 Å². The molecule has 1 aromatic rings. The minimum absolute atomic E-state index is 1.07. The van der Waals surface area contributed by atoms with E-state index in [2.05, 4.69) is 48.2 Å². The number of rotatable bonds is 4. The largest absolute Gasteiger partial charge is 0.367 e. The van der Waals surface area contributed by atoms with Gasteiger partial charge in [0, 0.05) is 18.8 Å². The van der Waals surface area contributed by atoms with Gasteiger partial charge in [0.05, 0.1) is 0 Å². The number of nitrogens with zero attached hydrogens (tertiary/aromatic N) is 1. The summed E-state index contributed by atoms with van der Waals surface area (Å²) < 4.78 is 0. The van der Waals surface area contributed by atoms with Crippen molar-refractivity contribution in [1.82, 2.24) is 0 Å². The molecule has 0 bridgehead atoms. The van der Waals surface area contributed by atoms with Crippen LogP contribution in [-0.2, 0) is 0 Å². The number of hydrogen-bond donors (Lipinski definition) is 0. The van der Waals surface area contributed by atoms with E-state index in [1.54, 1.807) is 0 Å². The van der Waals surface area contributed by atoms with E-state index in [0.29, 0.717) is 0 Å². The Kier molecular flexibility index (Phi) is 3.44. The molecule has 0 unspecified atom stereocenters. The Balaban J connectivity index is 2.05. The van der Waals surface area contributed by atoms with Crippen molar-refractivity contribution in [2.24, 2.45) is 0 Å². The van der Waals surface area contributed by atoms with Crippen LogP contribution in [0.25, 0.3) is 6.08 Å². The second-order valence-corrected chi connectivity index (χ2v) is 4.11. The molecule has 0 fully saturated rings. The lowest BCUT2D eigenvalue weighted by molar-refractivity contribution is 0.692. The zero-order valence-corrected chi connectivity index (χ0v) is 9.45. The maximum absolute atomic E-state index is 2.48. The Hall–Kier alpha value is -1.24. The number of unbranched alkanes of at least 4 members (excludes halogenated alkanes) is 2. The molecule has 0 radical (unpaired) electrons. The summed E-state index contributed by atoms with van der Waals surface area (Å²) in [6.07, 6.45) is 8.42. The highest BCUT2D eigenvalue weighted by Gasteiger charge is 2.10. The first-order chi connectivity index (χ1) is 7.42. The van der Waals surface area contributed by atoms with E-state index in [0.717, 1.165) is 6.54 Å². The van der Waals surface area contributed by atoms with Crippen LogP contribution in [0.5, 0.6) is 0 Å². The highest BCUT2D eigenvalue weighted by molar-refractivity contribution is 5.71. The van der Waals surface area contributed by atoms with E-state index >= 15 is 0 Å². The first-order valence-corrected chi connectivity index (χ1v) is 5.92. The normalized spacial score (nSPS) is 14.1. The zero-order chi connectivity index (χ0) is 10.5. The molecule has 0 N–H and O–H groups in total. The summed E-state index contributed by atoms with van der Waals surface area (Å²) >= 11 is 0. The van der Waals surface area contributed by atoms with Gasteiger partial charge in [-0.15, -0.1) is 0 Å². The molecule has 0 amide bonds. The smallest absolute Gasteiger partial charge is 0.0442 e. The first-order valence-electron chi connectivity index (χ1n) is 5.92. The Labute approximate surface area is 92.4 Å². The average Bonchev–Trinajstić information content (AvgIpc) is 2.30. The summed E-state index contributed by atoms with van der Waals surface area (Å²) in [6, 6.07) is 8.66. The fourth-order valence-electron chi connectivity index (χ4n) is 2.09. The van der Waals surface area contributed by atoms with E-state index in [1.165, 1.54) is 37.1 Å². The molecule has 0 atom stereocenters. The number of fused-ring (bicyclic) bond motifs is 1. The van der Waals surface area contributed by atoms with Gasteiger partial charge in [-0.05, 0) is 18.1 Å². The van der Waals surface area contributed by atoms with Gasteiger partial charge >= 0.3 is 0 Å². The van der Waals surface area contributed by atoms with Gasteiger partial charge in [-0.25, -0.2) is 0 Å². The summed E-state index contributed by atoms with van der Waals surface area (Å²) in [5.74, 6) is 0. The third-order valence-electron chi connectivity index (χ3n) is 2.93.